The Morgan fingerprint density at radius 1 is 1.36 bits per heavy atom. The minimum Gasteiger partial charge on any atom is -0.395 e. The van der Waals surface area contributed by atoms with Crippen molar-refractivity contribution in [3.63, 3.8) is 0 Å². The number of hydrogen-bond acceptors (Lipinski definition) is 3. The second-order valence-corrected chi connectivity index (χ2v) is 3.00. The Labute approximate surface area is 83.8 Å². The molecule has 1 aromatic rings. The van der Waals surface area contributed by atoms with E-state index in [-0.39, 0.29) is 12.4 Å². The third-order valence-electron chi connectivity index (χ3n) is 1.97. The van der Waals surface area contributed by atoms with E-state index < -0.39 is 0 Å². The number of rotatable bonds is 5. The van der Waals surface area contributed by atoms with Crippen LogP contribution in [0.2, 0.25) is 0 Å². The summed E-state index contributed by atoms with van der Waals surface area (Å²) in [6.45, 7) is 2.48. The molecule has 0 atom stereocenters. The van der Waals surface area contributed by atoms with Gasteiger partial charge in [0.25, 0.3) is 0 Å². The molecule has 14 heavy (non-hydrogen) atoms. The third kappa shape index (κ3) is 2.85. The zero-order chi connectivity index (χ0) is 10.4. The lowest BCUT2D eigenvalue weighted by Gasteiger charge is -2.04. The van der Waals surface area contributed by atoms with Crippen LogP contribution in [0.4, 0.5) is 5.69 Å². The van der Waals surface area contributed by atoms with E-state index in [1.165, 1.54) is 0 Å². The first kappa shape index (κ1) is 10.7. The molecule has 0 unspecified atom stereocenters. The van der Waals surface area contributed by atoms with Crippen molar-refractivity contribution in [3.05, 3.63) is 29.8 Å². The second kappa shape index (κ2) is 5.40. The van der Waals surface area contributed by atoms with E-state index in [1.54, 1.807) is 12.1 Å². The van der Waals surface area contributed by atoms with Crippen molar-refractivity contribution in [1.82, 2.24) is 0 Å². The van der Waals surface area contributed by atoms with Crippen molar-refractivity contribution in [2.75, 3.05) is 18.5 Å². The predicted molar refractivity (Wildman–Crippen MR) is 56.6 cm³/mol. The summed E-state index contributed by atoms with van der Waals surface area (Å²) in [6.07, 6.45) is 0.531. The van der Waals surface area contributed by atoms with Crippen LogP contribution in [-0.4, -0.2) is 24.0 Å². The van der Waals surface area contributed by atoms with Crippen LogP contribution in [0.5, 0.6) is 0 Å². The summed E-state index contributed by atoms with van der Waals surface area (Å²) in [4.78, 5) is 11.3. The number of ketones is 1. The molecule has 3 nitrogen and oxygen atoms in total. The molecule has 1 rings (SSSR count). The molecule has 1 aromatic carbocycles. The number of aliphatic hydroxyl groups is 1. The van der Waals surface area contributed by atoms with Gasteiger partial charge in [-0.25, -0.2) is 0 Å². The third-order valence-corrected chi connectivity index (χ3v) is 1.97. The average Bonchev–Trinajstić information content (AvgIpc) is 2.26. The Morgan fingerprint density at radius 3 is 2.50 bits per heavy atom. The fraction of sp³-hybridized carbons (Fsp3) is 0.364. The van der Waals surface area contributed by atoms with Gasteiger partial charge in [0.15, 0.2) is 5.78 Å². The highest BCUT2D eigenvalue weighted by atomic mass is 16.3. The highest BCUT2D eigenvalue weighted by Crippen LogP contribution is 2.10. The van der Waals surface area contributed by atoms with Crippen molar-refractivity contribution in [1.29, 1.82) is 0 Å². The Hall–Kier alpha value is -1.35. The number of carbonyl (C=O) groups excluding carboxylic acids is 1. The normalized spacial score (nSPS) is 9.86. The van der Waals surface area contributed by atoms with E-state index >= 15 is 0 Å². The fourth-order valence-corrected chi connectivity index (χ4v) is 1.18. The van der Waals surface area contributed by atoms with Crippen molar-refractivity contribution >= 4 is 11.5 Å². The van der Waals surface area contributed by atoms with Crippen LogP contribution in [-0.2, 0) is 0 Å². The first-order valence-electron chi connectivity index (χ1n) is 4.76. The molecular formula is C11H15NO2. The van der Waals surface area contributed by atoms with Gasteiger partial charge in [-0.3, -0.25) is 4.79 Å². The lowest BCUT2D eigenvalue weighted by Crippen LogP contribution is -2.05. The molecule has 0 bridgehead atoms. The molecule has 0 aliphatic carbocycles. The first-order valence-corrected chi connectivity index (χ1v) is 4.76. The standard InChI is InChI=1S/C11H15NO2/c1-2-11(14)9-3-5-10(6-4-9)12-7-8-13/h3-6,12-13H,2,7-8H2,1H3. The Morgan fingerprint density at radius 2 is 2.00 bits per heavy atom. The molecule has 0 saturated carbocycles. The molecule has 76 valence electrons. The van der Waals surface area contributed by atoms with E-state index in [2.05, 4.69) is 5.32 Å². The summed E-state index contributed by atoms with van der Waals surface area (Å²) in [5.41, 5.74) is 1.66. The zero-order valence-corrected chi connectivity index (χ0v) is 8.29. The second-order valence-electron chi connectivity index (χ2n) is 3.00. The van der Waals surface area contributed by atoms with Gasteiger partial charge in [0, 0.05) is 24.2 Å². The summed E-state index contributed by atoms with van der Waals surface area (Å²) in [5, 5.41) is 11.6. The Balaban J connectivity index is 2.63. The maximum Gasteiger partial charge on any atom is 0.162 e. The summed E-state index contributed by atoms with van der Waals surface area (Å²) in [6, 6.07) is 7.29. The summed E-state index contributed by atoms with van der Waals surface area (Å²) in [7, 11) is 0. The average molecular weight is 193 g/mol. The molecule has 0 heterocycles. The molecule has 0 amide bonds. The quantitative estimate of drug-likeness (QED) is 0.699. The summed E-state index contributed by atoms with van der Waals surface area (Å²) < 4.78 is 0. The number of hydrogen-bond donors (Lipinski definition) is 2. The van der Waals surface area contributed by atoms with E-state index in [0.717, 1.165) is 11.3 Å². The number of anilines is 1. The van der Waals surface area contributed by atoms with Crippen molar-refractivity contribution < 1.29 is 9.90 Å². The van der Waals surface area contributed by atoms with Crippen LogP contribution >= 0.6 is 0 Å². The highest BCUT2D eigenvalue weighted by molar-refractivity contribution is 5.96. The van der Waals surface area contributed by atoms with Gasteiger partial charge in [-0.15, -0.1) is 0 Å². The number of benzene rings is 1. The predicted octanol–water partition coefficient (Wildman–Crippen LogP) is 1.68. The number of carbonyl (C=O) groups is 1. The molecular weight excluding hydrogens is 178 g/mol. The number of nitrogens with one attached hydrogen (secondary N) is 1. The molecule has 3 heteroatoms. The lowest BCUT2D eigenvalue weighted by molar-refractivity contribution is 0.0988. The smallest absolute Gasteiger partial charge is 0.162 e. The monoisotopic (exact) mass is 193 g/mol. The van der Waals surface area contributed by atoms with Gasteiger partial charge in [0.1, 0.15) is 0 Å². The van der Waals surface area contributed by atoms with Crippen molar-refractivity contribution in [3.8, 4) is 0 Å². The molecule has 0 fully saturated rings. The van der Waals surface area contributed by atoms with E-state index in [0.29, 0.717) is 13.0 Å². The van der Waals surface area contributed by atoms with Crippen LogP contribution in [0.15, 0.2) is 24.3 Å². The Kier molecular flexibility index (Phi) is 4.13. The molecule has 0 aliphatic heterocycles. The van der Waals surface area contributed by atoms with Crippen molar-refractivity contribution in [2.24, 2.45) is 0 Å². The topological polar surface area (TPSA) is 49.3 Å². The van der Waals surface area contributed by atoms with E-state index in [4.69, 9.17) is 5.11 Å². The largest absolute Gasteiger partial charge is 0.395 e. The van der Waals surface area contributed by atoms with E-state index in [1.807, 2.05) is 19.1 Å². The van der Waals surface area contributed by atoms with Gasteiger partial charge < -0.3 is 10.4 Å². The zero-order valence-electron chi connectivity index (χ0n) is 8.29. The lowest BCUT2D eigenvalue weighted by atomic mass is 10.1. The van der Waals surface area contributed by atoms with Crippen LogP contribution in [0.1, 0.15) is 23.7 Å². The van der Waals surface area contributed by atoms with Gasteiger partial charge in [-0.2, -0.15) is 0 Å². The van der Waals surface area contributed by atoms with Crippen molar-refractivity contribution in [2.45, 2.75) is 13.3 Å². The molecule has 2 N–H and O–H groups in total. The summed E-state index contributed by atoms with van der Waals surface area (Å²) in [5.74, 6) is 0.152. The van der Waals surface area contributed by atoms with Gasteiger partial charge >= 0.3 is 0 Å². The van der Waals surface area contributed by atoms with Gasteiger partial charge in [-0.05, 0) is 24.3 Å². The fourth-order valence-electron chi connectivity index (χ4n) is 1.18. The molecule has 0 aliphatic rings. The number of Topliss-reactive ketones (excluding diaryl/α,β-unsaturated/α-hetero) is 1. The Bertz CT molecular complexity index is 293. The van der Waals surface area contributed by atoms with Crippen LogP contribution in [0.25, 0.3) is 0 Å². The SMILES string of the molecule is CCC(=O)c1ccc(NCCO)cc1. The maximum absolute atomic E-state index is 11.3. The van der Waals surface area contributed by atoms with Gasteiger partial charge in [0.05, 0.1) is 6.61 Å². The number of aliphatic hydroxyl groups excluding tert-OH is 1. The van der Waals surface area contributed by atoms with Gasteiger partial charge in [0.2, 0.25) is 0 Å². The minimum absolute atomic E-state index is 0.107. The van der Waals surface area contributed by atoms with Gasteiger partial charge in [-0.1, -0.05) is 6.92 Å². The highest BCUT2D eigenvalue weighted by Gasteiger charge is 2.01. The molecule has 0 aromatic heterocycles. The molecule has 0 radical (unpaired) electrons. The van der Waals surface area contributed by atoms with Crippen LogP contribution in [0, 0.1) is 0 Å². The van der Waals surface area contributed by atoms with Crippen LogP contribution in [0.3, 0.4) is 0 Å². The summed E-state index contributed by atoms with van der Waals surface area (Å²) >= 11 is 0. The van der Waals surface area contributed by atoms with Crippen LogP contribution < -0.4 is 5.32 Å². The maximum atomic E-state index is 11.3. The minimum atomic E-state index is 0.107. The van der Waals surface area contributed by atoms with E-state index in [9.17, 15) is 4.79 Å². The molecule has 0 spiro atoms. The molecule has 0 saturated heterocycles. The first-order chi connectivity index (χ1) is 6.77.